The summed E-state index contributed by atoms with van der Waals surface area (Å²) in [5, 5.41) is 0.426. The van der Waals surface area contributed by atoms with Crippen molar-refractivity contribution in [1.82, 2.24) is 9.80 Å². The van der Waals surface area contributed by atoms with Crippen LogP contribution in [-0.2, 0) is 4.74 Å². The van der Waals surface area contributed by atoms with Crippen molar-refractivity contribution in [2.45, 2.75) is 19.4 Å². The fraction of sp³-hybridized carbons (Fsp3) is 0.407. The predicted octanol–water partition coefficient (Wildman–Crippen LogP) is 3.47. The van der Waals surface area contributed by atoms with Gasteiger partial charge in [-0.05, 0) is 31.5 Å². The Morgan fingerprint density at radius 2 is 1.86 bits per heavy atom. The molecule has 2 aliphatic heterocycles. The smallest absolute Gasteiger partial charge is 0.290 e. The Kier molecular flexibility index (Phi) is 6.74. The molecule has 1 aromatic heterocycles. The molecule has 2 aromatic carbocycles. The Morgan fingerprint density at radius 3 is 2.63 bits per heavy atom. The molecule has 0 radical (unpaired) electrons. The van der Waals surface area contributed by atoms with E-state index in [2.05, 4.69) is 4.90 Å². The lowest BCUT2D eigenvalue weighted by atomic mass is 9.97. The van der Waals surface area contributed by atoms with Crippen LogP contribution in [0.5, 0.6) is 11.5 Å². The van der Waals surface area contributed by atoms with Crippen molar-refractivity contribution in [2.75, 3.05) is 53.1 Å². The summed E-state index contributed by atoms with van der Waals surface area (Å²) < 4.78 is 22.7. The normalized spacial score (nSPS) is 18.2. The number of fused-ring (bicyclic) bond motifs is 2. The predicted molar refractivity (Wildman–Crippen MR) is 131 cm³/mol. The molecule has 35 heavy (non-hydrogen) atoms. The maximum absolute atomic E-state index is 13.7. The lowest BCUT2D eigenvalue weighted by molar-refractivity contribution is 0.0353. The lowest BCUT2D eigenvalue weighted by Crippen LogP contribution is -2.38. The molecule has 184 valence electrons. The van der Waals surface area contributed by atoms with Gasteiger partial charge in [0.15, 0.2) is 5.43 Å². The Hall–Kier alpha value is -3.36. The monoisotopic (exact) mass is 478 g/mol. The van der Waals surface area contributed by atoms with Crippen LogP contribution in [0.1, 0.15) is 41.1 Å². The van der Waals surface area contributed by atoms with Gasteiger partial charge in [0.2, 0.25) is 5.76 Å². The summed E-state index contributed by atoms with van der Waals surface area (Å²) in [6.45, 7) is 6.95. The number of amides is 1. The molecule has 2 aliphatic rings. The number of hydrogen-bond donors (Lipinski definition) is 0. The Morgan fingerprint density at radius 1 is 1.06 bits per heavy atom. The van der Waals surface area contributed by atoms with Crippen molar-refractivity contribution in [1.29, 1.82) is 0 Å². The molecule has 1 amide bonds. The standard InChI is InChI=1S/C27H30N2O6/c1-3-34-18-9-10-20-22(17-18)35-26-23(25(20)30)24(19-7-4-5-8-21(19)32-2)29(27(26)31)12-6-11-28-13-15-33-16-14-28/h4-5,7-10,17,24H,3,6,11-16H2,1-2H3. The molecule has 1 unspecified atom stereocenters. The molecule has 1 fully saturated rings. The Labute approximate surface area is 204 Å². The Bertz CT molecular complexity index is 1280. The lowest BCUT2D eigenvalue weighted by Gasteiger charge is -2.29. The highest BCUT2D eigenvalue weighted by molar-refractivity contribution is 5.99. The van der Waals surface area contributed by atoms with E-state index in [1.807, 2.05) is 31.2 Å². The quantitative estimate of drug-likeness (QED) is 0.490. The van der Waals surface area contributed by atoms with Crippen molar-refractivity contribution in [3.8, 4) is 11.5 Å². The van der Waals surface area contributed by atoms with E-state index in [1.54, 1.807) is 30.2 Å². The van der Waals surface area contributed by atoms with Gasteiger partial charge in [0.1, 0.15) is 17.1 Å². The van der Waals surface area contributed by atoms with E-state index in [0.29, 0.717) is 41.2 Å². The van der Waals surface area contributed by atoms with Gasteiger partial charge in [-0.15, -0.1) is 0 Å². The fourth-order valence-corrected chi connectivity index (χ4v) is 4.99. The van der Waals surface area contributed by atoms with E-state index < -0.39 is 6.04 Å². The largest absolute Gasteiger partial charge is 0.496 e. The summed E-state index contributed by atoms with van der Waals surface area (Å²) in [5.74, 6) is 1.04. The molecule has 5 rings (SSSR count). The second-order valence-electron chi connectivity index (χ2n) is 8.72. The van der Waals surface area contributed by atoms with E-state index in [1.165, 1.54) is 0 Å². The van der Waals surface area contributed by atoms with E-state index in [9.17, 15) is 9.59 Å². The number of hydrogen-bond acceptors (Lipinski definition) is 7. The molecule has 1 atom stereocenters. The first-order valence-corrected chi connectivity index (χ1v) is 12.1. The van der Waals surface area contributed by atoms with Crippen molar-refractivity contribution >= 4 is 16.9 Å². The van der Waals surface area contributed by atoms with Crippen LogP contribution in [0, 0.1) is 0 Å². The molecule has 1 saturated heterocycles. The first-order valence-electron chi connectivity index (χ1n) is 12.1. The third kappa shape index (κ3) is 4.39. The van der Waals surface area contributed by atoms with Gasteiger partial charge in [-0.1, -0.05) is 18.2 Å². The topological polar surface area (TPSA) is 81.5 Å². The van der Waals surface area contributed by atoms with Crippen molar-refractivity contribution < 1.29 is 23.4 Å². The minimum absolute atomic E-state index is 0.0958. The number of methoxy groups -OCH3 is 1. The molecule has 8 nitrogen and oxygen atoms in total. The van der Waals surface area contributed by atoms with Crippen LogP contribution < -0.4 is 14.9 Å². The highest BCUT2D eigenvalue weighted by Gasteiger charge is 2.43. The second kappa shape index (κ2) is 10.1. The van der Waals surface area contributed by atoms with Gasteiger partial charge in [-0.25, -0.2) is 0 Å². The first kappa shape index (κ1) is 23.4. The van der Waals surface area contributed by atoms with Crippen LogP contribution in [0.15, 0.2) is 51.7 Å². The summed E-state index contributed by atoms with van der Waals surface area (Å²) in [5.41, 5.74) is 1.28. The van der Waals surface area contributed by atoms with Gasteiger partial charge in [-0.2, -0.15) is 0 Å². The summed E-state index contributed by atoms with van der Waals surface area (Å²) >= 11 is 0. The number of rotatable bonds is 8. The van der Waals surface area contributed by atoms with E-state index in [-0.39, 0.29) is 17.1 Å². The molecule has 3 aromatic rings. The fourth-order valence-electron chi connectivity index (χ4n) is 4.99. The van der Waals surface area contributed by atoms with Crippen LogP contribution in [0.2, 0.25) is 0 Å². The van der Waals surface area contributed by atoms with Gasteiger partial charge in [-0.3, -0.25) is 14.5 Å². The van der Waals surface area contributed by atoms with Crippen LogP contribution in [0.3, 0.4) is 0 Å². The maximum atomic E-state index is 13.7. The molecule has 8 heteroatoms. The molecule has 0 aliphatic carbocycles. The van der Waals surface area contributed by atoms with Gasteiger partial charge in [0.25, 0.3) is 5.91 Å². The van der Waals surface area contributed by atoms with Gasteiger partial charge >= 0.3 is 0 Å². The van der Waals surface area contributed by atoms with Crippen molar-refractivity contribution in [3.05, 3.63) is 69.6 Å². The zero-order chi connectivity index (χ0) is 24.4. The summed E-state index contributed by atoms with van der Waals surface area (Å²) in [7, 11) is 1.59. The molecule has 0 spiro atoms. The number of para-hydroxylation sites is 1. The molecule has 3 heterocycles. The minimum atomic E-state index is -0.578. The van der Waals surface area contributed by atoms with Crippen LogP contribution in [-0.4, -0.2) is 68.8 Å². The average molecular weight is 479 g/mol. The van der Waals surface area contributed by atoms with E-state index >= 15 is 0 Å². The number of benzene rings is 2. The summed E-state index contributed by atoms with van der Waals surface area (Å²) in [6, 6.07) is 12.1. The van der Waals surface area contributed by atoms with Crippen molar-refractivity contribution in [2.24, 2.45) is 0 Å². The molecule has 0 N–H and O–H groups in total. The van der Waals surface area contributed by atoms with Crippen LogP contribution in [0.4, 0.5) is 0 Å². The van der Waals surface area contributed by atoms with Crippen molar-refractivity contribution in [3.63, 3.8) is 0 Å². The Balaban J connectivity index is 1.56. The van der Waals surface area contributed by atoms with Gasteiger partial charge < -0.3 is 23.5 Å². The molecule has 0 saturated carbocycles. The first-order chi connectivity index (χ1) is 17.1. The molecule has 0 bridgehead atoms. The van der Waals surface area contributed by atoms with Gasteiger partial charge in [0.05, 0.1) is 43.9 Å². The highest BCUT2D eigenvalue weighted by atomic mass is 16.5. The zero-order valence-corrected chi connectivity index (χ0v) is 20.1. The summed E-state index contributed by atoms with van der Waals surface area (Å²) in [4.78, 5) is 31.5. The zero-order valence-electron chi connectivity index (χ0n) is 20.1. The van der Waals surface area contributed by atoms with Gasteiger partial charge in [0, 0.05) is 37.8 Å². The SMILES string of the molecule is CCOc1ccc2c(=O)c3c(oc2c1)C(=O)N(CCCN1CCOCC1)C3c1ccccc1OC. The summed E-state index contributed by atoms with van der Waals surface area (Å²) in [6.07, 6.45) is 0.771. The number of morpholine rings is 1. The van der Waals surface area contributed by atoms with E-state index in [0.717, 1.165) is 44.8 Å². The minimum Gasteiger partial charge on any atom is -0.496 e. The third-order valence-electron chi connectivity index (χ3n) is 6.66. The van der Waals surface area contributed by atoms with Crippen LogP contribution >= 0.6 is 0 Å². The maximum Gasteiger partial charge on any atom is 0.290 e. The number of carbonyl (C=O) groups is 1. The third-order valence-corrected chi connectivity index (χ3v) is 6.66. The molecular weight excluding hydrogens is 448 g/mol. The number of ether oxygens (including phenoxy) is 3. The van der Waals surface area contributed by atoms with Crippen LogP contribution in [0.25, 0.3) is 11.0 Å². The number of carbonyl (C=O) groups excluding carboxylic acids is 1. The average Bonchev–Trinajstić information content (AvgIpc) is 3.16. The highest BCUT2D eigenvalue weighted by Crippen LogP contribution is 2.41. The second-order valence-corrected chi connectivity index (χ2v) is 8.72. The van der Waals surface area contributed by atoms with E-state index in [4.69, 9.17) is 18.6 Å². The molecular formula is C27H30N2O6. The number of nitrogens with zero attached hydrogens (tertiary/aromatic N) is 2.